The molecule has 1 aromatic heterocycles. The van der Waals surface area contributed by atoms with Gasteiger partial charge in [-0.05, 0) is 68.4 Å². The monoisotopic (exact) mass is 300 g/mol. The van der Waals surface area contributed by atoms with E-state index in [2.05, 4.69) is 10.3 Å². The lowest BCUT2D eigenvalue weighted by Crippen LogP contribution is -2.59. The topological polar surface area (TPSA) is 79.3 Å². The van der Waals surface area contributed by atoms with Crippen LogP contribution in [0.3, 0.4) is 0 Å². The summed E-state index contributed by atoms with van der Waals surface area (Å²) in [5.41, 5.74) is 0.250. The van der Waals surface area contributed by atoms with Crippen LogP contribution in [0.2, 0.25) is 0 Å². The lowest BCUT2D eigenvalue weighted by molar-refractivity contribution is -0.0167. The van der Waals surface area contributed by atoms with E-state index >= 15 is 0 Å². The number of carbonyl (C=O) groups excluding carboxylic acids is 1. The van der Waals surface area contributed by atoms with Gasteiger partial charge in [-0.3, -0.25) is 4.79 Å². The van der Waals surface area contributed by atoms with Crippen molar-refractivity contribution in [2.75, 3.05) is 0 Å². The third kappa shape index (κ3) is 2.28. The van der Waals surface area contributed by atoms with Crippen molar-refractivity contribution >= 4 is 11.9 Å². The van der Waals surface area contributed by atoms with Crippen molar-refractivity contribution in [2.24, 2.45) is 17.8 Å². The summed E-state index contributed by atoms with van der Waals surface area (Å²) in [5, 5.41) is 12.2. The van der Waals surface area contributed by atoms with Crippen molar-refractivity contribution in [3.63, 3.8) is 0 Å². The second-order valence-corrected chi connectivity index (χ2v) is 7.39. The summed E-state index contributed by atoms with van der Waals surface area (Å²) < 4.78 is 0. The Kier molecular flexibility index (Phi) is 2.99. The Morgan fingerprint density at radius 3 is 2.27 bits per heavy atom. The molecular weight excluding hydrogens is 280 g/mol. The molecule has 1 aromatic rings. The average molecular weight is 300 g/mol. The third-order valence-corrected chi connectivity index (χ3v) is 5.66. The molecule has 5 nitrogen and oxygen atoms in total. The summed E-state index contributed by atoms with van der Waals surface area (Å²) in [4.78, 5) is 27.3. The lowest BCUT2D eigenvalue weighted by atomic mass is 9.53. The summed E-state index contributed by atoms with van der Waals surface area (Å²) in [6.45, 7) is 0. The Labute approximate surface area is 129 Å². The van der Waals surface area contributed by atoms with Crippen molar-refractivity contribution in [1.29, 1.82) is 0 Å². The van der Waals surface area contributed by atoms with E-state index in [9.17, 15) is 9.59 Å². The van der Waals surface area contributed by atoms with Gasteiger partial charge in [0.05, 0.1) is 0 Å². The van der Waals surface area contributed by atoms with Crippen molar-refractivity contribution in [3.8, 4) is 0 Å². The van der Waals surface area contributed by atoms with Crippen LogP contribution >= 0.6 is 0 Å². The Hall–Kier alpha value is -1.91. The maximum absolute atomic E-state index is 12.6. The molecule has 5 heteroatoms. The number of carbonyl (C=O) groups is 2. The fourth-order valence-electron chi connectivity index (χ4n) is 5.27. The highest BCUT2D eigenvalue weighted by Gasteiger charge is 2.51. The summed E-state index contributed by atoms with van der Waals surface area (Å²) >= 11 is 0. The molecule has 0 aromatic carbocycles. The zero-order chi connectivity index (χ0) is 15.3. The largest absolute Gasteiger partial charge is 0.477 e. The number of amides is 1. The van der Waals surface area contributed by atoms with Gasteiger partial charge in [-0.15, -0.1) is 0 Å². The molecule has 4 aliphatic rings. The Balaban J connectivity index is 1.55. The first-order valence-electron chi connectivity index (χ1n) is 8.05. The average Bonchev–Trinajstić information content (AvgIpc) is 2.45. The van der Waals surface area contributed by atoms with Gasteiger partial charge in [0.25, 0.3) is 5.91 Å². The second-order valence-electron chi connectivity index (χ2n) is 7.39. The molecule has 22 heavy (non-hydrogen) atoms. The number of nitrogens with zero attached hydrogens (tertiary/aromatic N) is 1. The number of aromatic nitrogens is 1. The molecule has 1 amide bonds. The molecule has 2 N–H and O–H groups in total. The molecule has 0 unspecified atom stereocenters. The molecule has 5 rings (SSSR count). The number of hydrogen-bond donors (Lipinski definition) is 2. The highest BCUT2D eigenvalue weighted by Crippen LogP contribution is 2.55. The number of hydrogen-bond acceptors (Lipinski definition) is 3. The maximum Gasteiger partial charge on any atom is 0.354 e. The highest BCUT2D eigenvalue weighted by atomic mass is 16.4. The minimum atomic E-state index is -1.11. The van der Waals surface area contributed by atoms with Gasteiger partial charge in [0.1, 0.15) is 5.69 Å². The van der Waals surface area contributed by atoms with Crippen LogP contribution in [0.15, 0.2) is 18.3 Å². The fourth-order valence-corrected chi connectivity index (χ4v) is 5.27. The maximum atomic E-state index is 12.6. The van der Waals surface area contributed by atoms with Crippen LogP contribution in [0.25, 0.3) is 0 Å². The van der Waals surface area contributed by atoms with E-state index in [1.807, 2.05) is 0 Å². The van der Waals surface area contributed by atoms with Crippen LogP contribution in [0.1, 0.15) is 59.4 Å². The number of carboxylic acids is 1. The minimum absolute atomic E-state index is 0.0571. The Bertz CT molecular complexity index is 605. The van der Waals surface area contributed by atoms with Crippen molar-refractivity contribution < 1.29 is 14.7 Å². The van der Waals surface area contributed by atoms with E-state index in [0.29, 0.717) is 5.56 Å². The highest BCUT2D eigenvalue weighted by molar-refractivity contribution is 5.97. The van der Waals surface area contributed by atoms with Gasteiger partial charge in [0, 0.05) is 17.3 Å². The number of nitrogens with one attached hydrogen (secondary N) is 1. The molecule has 0 radical (unpaired) electrons. The van der Waals surface area contributed by atoms with E-state index < -0.39 is 5.97 Å². The molecule has 0 spiro atoms. The lowest BCUT2D eigenvalue weighted by Gasteiger charge is -2.56. The van der Waals surface area contributed by atoms with E-state index in [0.717, 1.165) is 37.0 Å². The molecule has 4 fully saturated rings. The van der Waals surface area contributed by atoms with Crippen molar-refractivity contribution in [2.45, 2.75) is 44.1 Å². The van der Waals surface area contributed by atoms with E-state index in [-0.39, 0.29) is 17.1 Å². The first-order chi connectivity index (χ1) is 10.5. The molecule has 0 atom stereocenters. The van der Waals surface area contributed by atoms with Crippen LogP contribution in [0, 0.1) is 17.8 Å². The predicted molar refractivity (Wildman–Crippen MR) is 79.6 cm³/mol. The number of carboxylic acid groups (broad SMARTS) is 1. The van der Waals surface area contributed by atoms with Crippen molar-refractivity contribution in [1.82, 2.24) is 10.3 Å². The zero-order valence-electron chi connectivity index (χ0n) is 12.4. The van der Waals surface area contributed by atoms with E-state index in [1.165, 1.54) is 31.5 Å². The van der Waals surface area contributed by atoms with Crippen LogP contribution in [-0.2, 0) is 0 Å². The second kappa shape index (κ2) is 4.80. The van der Waals surface area contributed by atoms with Crippen LogP contribution in [0.4, 0.5) is 0 Å². The fraction of sp³-hybridized carbons (Fsp3) is 0.588. The molecule has 0 aliphatic heterocycles. The standard InChI is InChI=1S/C17H20N2O3/c20-15(13-1-2-18-14(6-13)16(21)22)19-17-7-10-3-11(8-17)5-12(4-10)9-17/h1-2,6,10-12H,3-5,7-9H2,(H,19,20)(H,21,22). The van der Waals surface area contributed by atoms with Crippen LogP contribution < -0.4 is 5.32 Å². The minimum Gasteiger partial charge on any atom is -0.477 e. The Morgan fingerprint density at radius 2 is 1.73 bits per heavy atom. The number of aromatic carboxylic acids is 1. The third-order valence-electron chi connectivity index (χ3n) is 5.66. The first kappa shape index (κ1) is 13.7. The van der Waals surface area contributed by atoms with Gasteiger partial charge in [0.2, 0.25) is 0 Å². The summed E-state index contributed by atoms with van der Waals surface area (Å²) in [7, 11) is 0. The SMILES string of the molecule is O=C(NC12CC3CC(CC(C3)C1)C2)c1ccnc(C(=O)O)c1. The zero-order valence-corrected chi connectivity index (χ0v) is 12.4. The molecule has 1 heterocycles. The van der Waals surface area contributed by atoms with Gasteiger partial charge >= 0.3 is 5.97 Å². The van der Waals surface area contributed by atoms with Crippen LogP contribution in [0.5, 0.6) is 0 Å². The van der Waals surface area contributed by atoms with Crippen molar-refractivity contribution in [3.05, 3.63) is 29.6 Å². The first-order valence-corrected chi connectivity index (χ1v) is 8.05. The summed E-state index contributed by atoms with van der Waals surface area (Å²) in [6.07, 6.45) is 8.62. The van der Waals surface area contributed by atoms with Gasteiger partial charge in [0.15, 0.2) is 0 Å². The molecule has 4 aliphatic carbocycles. The predicted octanol–water partition coefficient (Wildman–Crippen LogP) is 2.48. The Morgan fingerprint density at radius 1 is 1.14 bits per heavy atom. The van der Waals surface area contributed by atoms with Gasteiger partial charge in [-0.25, -0.2) is 9.78 Å². The molecule has 4 saturated carbocycles. The number of pyridine rings is 1. The molecule has 4 bridgehead atoms. The van der Waals surface area contributed by atoms with Gasteiger partial charge in [-0.2, -0.15) is 0 Å². The quantitative estimate of drug-likeness (QED) is 0.898. The molecule has 116 valence electrons. The van der Waals surface area contributed by atoms with E-state index in [4.69, 9.17) is 5.11 Å². The molecule has 0 saturated heterocycles. The smallest absolute Gasteiger partial charge is 0.354 e. The van der Waals surface area contributed by atoms with Gasteiger partial charge < -0.3 is 10.4 Å². The van der Waals surface area contributed by atoms with E-state index in [1.54, 1.807) is 6.07 Å². The normalized spacial score (nSPS) is 35.4. The summed E-state index contributed by atoms with van der Waals surface area (Å²) in [5.74, 6) is 1.02. The number of rotatable bonds is 3. The van der Waals surface area contributed by atoms with Crippen LogP contribution in [-0.4, -0.2) is 27.5 Å². The molecular formula is C17H20N2O3. The van der Waals surface area contributed by atoms with Gasteiger partial charge in [-0.1, -0.05) is 0 Å². The summed E-state index contributed by atoms with van der Waals surface area (Å²) in [6, 6.07) is 2.94.